The van der Waals surface area contributed by atoms with Crippen molar-refractivity contribution in [1.82, 2.24) is 4.90 Å². The number of aryl methyl sites for hydroxylation is 1. The summed E-state index contributed by atoms with van der Waals surface area (Å²) in [5, 5.41) is 0. The van der Waals surface area contributed by atoms with Crippen molar-refractivity contribution in [3.05, 3.63) is 23.8 Å². The number of nitrogen functional groups attached to an aromatic ring is 1. The average Bonchev–Trinajstić information content (AvgIpc) is 2.94. The number of amides is 1. The molecule has 3 rings (SSSR count). The standard InChI is InChI=1S/C16H23N3O/c17-14-5-6-15-13(12-14)4-7-16(20)19(15)11-3-10-18-8-1-2-9-18/h5-6,12H,1-4,7-11,17H2. The molecule has 1 aromatic rings. The summed E-state index contributed by atoms with van der Waals surface area (Å²) < 4.78 is 0. The van der Waals surface area contributed by atoms with Crippen LogP contribution in [0.3, 0.4) is 0 Å². The molecule has 0 aromatic heterocycles. The van der Waals surface area contributed by atoms with Crippen LogP contribution in [-0.2, 0) is 11.2 Å². The van der Waals surface area contributed by atoms with Crippen LogP contribution in [0.4, 0.5) is 11.4 Å². The largest absolute Gasteiger partial charge is 0.399 e. The third kappa shape index (κ3) is 2.80. The molecular formula is C16H23N3O. The third-order valence-electron chi connectivity index (χ3n) is 4.36. The maximum atomic E-state index is 12.2. The van der Waals surface area contributed by atoms with Crippen LogP contribution < -0.4 is 10.6 Å². The highest BCUT2D eigenvalue weighted by Crippen LogP contribution is 2.29. The van der Waals surface area contributed by atoms with Crippen LogP contribution >= 0.6 is 0 Å². The van der Waals surface area contributed by atoms with Gasteiger partial charge in [-0.05, 0) is 69.1 Å². The quantitative estimate of drug-likeness (QED) is 0.854. The summed E-state index contributed by atoms with van der Waals surface area (Å²) in [4.78, 5) is 16.6. The normalized spacial score (nSPS) is 19.4. The Morgan fingerprint density at radius 2 is 1.90 bits per heavy atom. The summed E-state index contributed by atoms with van der Waals surface area (Å²) in [5.41, 5.74) is 8.90. The van der Waals surface area contributed by atoms with Crippen LogP contribution in [0.1, 0.15) is 31.2 Å². The van der Waals surface area contributed by atoms with E-state index in [1.54, 1.807) is 0 Å². The lowest BCUT2D eigenvalue weighted by Gasteiger charge is -2.30. The van der Waals surface area contributed by atoms with E-state index in [0.29, 0.717) is 6.42 Å². The molecule has 0 unspecified atom stereocenters. The molecule has 2 aliphatic heterocycles. The number of fused-ring (bicyclic) bond motifs is 1. The van der Waals surface area contributed by atoms with E-state index in [0.717, 1.165) is 37.3 Å². The molecule has 2 heterocycles. The second-order valence-corrected chi connectivity index (χ2v) is 5.84. The Bertz CT molecular complexity index is 494. The van der Waals surface area contributed by atoms with Crippen molar-refractivity contribution in [2.24, 2.45) is 0 Å². The fourth-order valence-corrected chi connectivity index (χ4v) is 3.28. The van der Waals surface area contributed by atoms with Gasteiger partial charge in [-0.25, -0.2) is 0 Å². The lowest BCUT2D eigenvalue weighted by atomic mass is 10.0. The van der Waals surface area contributed by atoms with Crippen molar-refractivity contribution in [3.8, 4) is 0 Å². The first-order chi connectivity index (χ1) is 9.74. The minimum atomic E-state index is 0.253. The number of hydrogen-bond donors (Lipinski definition) is 1. The van der Waals surface area contributed by atoms with Crippen LogP contribution in [0, 0.1) is 0 Å². The number of nitrogens with two attached hydrogens (primary N) is 1. The molecule has 20 heavy (non-hydrogen) atoms. The van der Waals surface area contributed by atoms with Gasteiger partial charge in [0.25, 0.3) is 0 Å². The van der Waals surface area contributed by atoms with E-state index in [2.05, 4.69) is 4.90 Å². The first kappa shape index (κ1) is 13.4. The maximum Gasteiger partial charge on any atom is 0.227 e. The Kier molecular flexibility index (Phi) is 3.92. The van der Waals surface area contributed by atoms with Gasteiger partial charge in [0.05, 0.1) is 0 Å². The van der Waals surface area contributed by atoms with Crippen molar-refractivity contribution in [1.29, 1.82) is 0 Å². The number of carbonyl (C=O) groups is 1. The second kappa shape index (κ2) is 5.83. The Morgan fingerprint density at radius 1 is 1.10 bits per heavy atom. The summed E-state index contributed by atoms with van der Waals surface area (Å²) >= 11 is 0. The molecule has 1 amide bonds. The number of nitrogens with zero attached hydrogens (tertiary/aromatic N) is 2. The molecule has 1 saturated heterocycles. The molecule has 0 spiro atoms. The highest BCUT2D eigenvalue weighted by Gasteiger charge is 2.24. The maximum absolute atomic E-state index is 12.2. The topological polar surface area (TPSA) is 49.6 Å². The number of anilines is 2. The first-order valence-corrected chi connectivity index (χ1v) is 7.65. The van der Waals surface area contributed by atoms with Gasteiger partial charge in [-0.15, -0.1) is 0 Å². The van der Waals surface area contributed by atoms with Gasteiger partial charge >= 0.3 is 0 Å². The van der Waals surface area contributed by atoms with E-state index < -0.39 is 0 Å². The van der Waals surface area contributed by atoms with Crippen molar-refractivity contribution in [2.45, 2.75) is 32.1 Å². The zero-order chi connectivity index (χ0) is 13.9. The lowest BCUT2D eigenvalue weighted by molar-refractivity contribution is -0.118. The smallest absolute Gasteiger partial charge is 0.227 e. The monoisotopic (exact) mass is 273 g/mol. The molecule has 0 atom stereocenters. The Balaban J connectivity index is 1.64. The van der Waals surface area contributed by atoms with Gasteiger partial charge in [-0.1, -0.05) is 0 Å². The van der Waals surface area contributed by atoms with Crippen molar-refractivity contribution in [3.63, 3.8) is 0 Å². The molecule has 4 nitrogen and oxygen atoms in total. The fourth-order valence-electron chi connectivity index (χ4n) is 3.28. The van der Waals surface area contributed by atoms with E-state index in [1.165, 1.54) is 31.5 Å². The zero-order valence-corrected chi connectivity index (χ0v) is 12.0. The van der Waals surface area contributed by atoms with E-state index in [-0.39, 0.29) is 5.91 Å². The van der Waals surface area contributed by atoms with Gasteiger partial charge < -0.3 is 15.5 Å². The SMILES string of the molecule is Nc1ccc2c(c1)CCC(=O)N2CCCN1CCCC1. The number of hydrogen-bond acceptors (Lipinski definition) is 3. The van der Waals surface area contributed by atoms with Crippen molar-refractivity contribution in [2.75, 3.05) is 36.8 Å². The Labute approximate surface area is 120 Å². The molecule has 2 N–H and O–H groups in total. The molecule has 0 bridgehead atoms. The van der Waals surface area contributed by atoms with E-state index >= 15 is 0 Å². The number of carbonyl (C=O) groups excluding carboxylic acids is 1. The highest BCUT2D eigenvalue weighted by atomic mass is 16.2. The van der Waals surface area contributed by atoms with Crippen molar-refractivity contribution < 1.29 is 4.79 Å². The van der Waals surface area contributed by atoms with E-state index in [1.807, 2.05) is 23.1 Å². The van der Waals surface area contributed by atoms with Crippen LogP contribution in [0.15, 0.2) is 18.2 Å². The summed E-state index contributed by atoms with van der Waals surface area (Å²) in [7, 11) is 0. The predicted octanol–water partition coefficient (Wildman–Crippen LogP) is 2.03. The van der Waals surface area contributed by atoms with Gasteiger partial charge in [-0.2, -0.15) is 0 Å². The first-order valence-electron chi connectivity index (χ1n) is 7.65. The Hall–Kier alpha value is -1.55. The molecule has 108 valence electrons. The molecule has 0 aliphatic carbocycles. The third-order valence-corrected chi connectivity index (χ3v) is 4.36. The molecule has 0 saturated carbocycles. The summed E-state index contributed by atoms with van der Waals surface area (Å²) in [6, 6.07) is 5.90. The van der Waals surface area contributed by atoms with E-state index in [9.17, 15) is 4.79 Å². The predicted molar refractivity (Wildman–Crippen MR) is 81.8 cm³/mol. The summed E-state index contributed by atoms with van der Waals surface area (Å²) in [6.45, 7) is 4.38. The van der Waals surface area contributed by atoms with E-state index in [4.69, 9.17) is 5.73 Å². The average molecular weight is 273 g/mol. The number of rotatable bonds is 4. The minimum absolute atomic E-state index is 0.253. The zero-order valence-electron chi connectivity index (χ0n) is 12.0. The van der Waals surface area contributed by atoms with Crippen molar-refractivity contribution >= 4 is 17.3 Å². The molecule has 1 fully saturated rings. The summed E-state index contributed by atoms with van der Waals surface area (Å²) in [6.07, 6.45) is 5.13. The van der Waals surface area contributed by atoms with Gasteiger partial charge in [0.1, 0.15) is 0 Å². The molecular weight excluding hydrogens is 250 g/mol. The number of likely N-dealkylation sites (tertiary alicyclic amines) is 1. The Morgan fingerprint density at radius 3 is 2.70 bits per heavy atom. The van der Waals surface area contributed by atoms with Crippen LogP contribution in [0.25, 0.3) is 0 Å². The number of benzene rings is 1. The fraction of sp³-hybridized carbons (Fsp3) is 0.562. The molecule has 2 aliphatic rings. The van der Waals surface area contributed by atoms with Crippen LogP contribution in [-0.4, -0.2) is 37.0 Å². The highest BCUT2D eigenvalue weighted by molar-refractivity contribution is 5.96. The summed E-state index contributed by atoms with van der Waals surface area (Å²) in [5.74, 6) is 0.253. The molecule has 1 aromatic carbocycles. The lowest BCUT2D eigenvalue weighted by Crippen LogP contribution is -2.37. The van der Waals surface area contributed by atoms with Gasteiger partial charge in [-0.3, -0.25) is 4.79 Å². The minimum Gasteiger partial charge on any atom is -0.399 e. The second-order valence-electron chi connectivity index (χ2n) is 5.84. The van der Waals surface area contributed by atoms with Gasteiger partial charge in [0.15, 0.2) is 0 Å². The van der Waals surface area contributed by atoms with Crippen LogP contribution in [0.5, 0.6) is 0 Å². The van der Waals surface area contributed by atoms with Gasteiger partial charge in [0.2, 0.25) is 5.91 Å². The van der Waals surface area contributed by atoms with Crippen LogP contribution in [0.2, 0.25) is 0 Å². The molecule has 4 heteroatoms. The molecule has 0 radical (unpaired) electrons. The van der Waals surface area contributed by atoms with Gasteiger partial charge in [0, 0.05) is 24.3 Å².